The molecule has 0 N–H and O–H groups in total. The average molecular weight is 597 g/mol. The molecule has 0 atom stereocenters. The van der Waals surface area contributed by atoms with Crippen molar-refractivity contribution in [3.63, 3.8) is 0 Å². The molecular formula is C44H40N2. The first-order valence-electron chi connectivity index (χ1n) is 16.1. The number of fused-ring (bicyclic) bond motifs is 3. The second kappa shape index (κ2) is 11.9. The molecule has 0 saturated heterocycles. The summed E-state index contributed by atoms with van der Waals surface area (Å²) in [6, 6.07) is 48.9. The zero-order chi connectivity index (χ0) is 31.9. The Morgan fingerprint density at radius 2 is 0.674 bits per heavy atom. The van der Waals surface area contributed by atoms with Crippen LogP contribution in [0.4, 0.5) is 34.1 Å². The molecule has 0 spiro atoms. The van der Waals surface area contributed by atoms with Gasteiger partial charge >= 0.3 is 0 Å². The van der Waals surface area contributed by atoms with E-state index in [-0.39, 0.29) is 0 Å². The van der Waals surface area contributed by atoms with Crippen molar-refractivity contribution in [3.8, 4) is 0 Å². The summed E-state index contributed by atoms with van der Waals surface area (Å²) >= 11 is 0. The van der Waals surface area contributed by atoms with Gasteiger partial charge in [-0.15, -0.1) is 0 Å². The second-order valence-electron chi connectivity index (χ2n) is 12.7. The Morgan fingerprint density at radius 3 is 1.02 bits per heavy atom. The number of anilines is 6. The number of aryl methyl sites for hydroxylation is 6. The highest BCUT2D eigenvalue weighted by molar-refractivity contribution is 6.10. The van der Waals surface area contributed by atoms with Gasteiger partial charge in [0.05, 0.1) is 11.4 Å². The Labute approximate surface area is 273 Å². The third-order valence-electron chi connectivity index (χ3n) is 9.07. The largest absolute Gasteiger partial charge is 0.310 e. The maximum Gasteiger partial charge on any atom is 0.0520 e. The van der Waals surface area contributed by atoms with Crippen LogP contribution in [-0.2, 0) is 0 Å². The van der Waals surface area contributed by atoms with Crippen molar-refractivity contribution in [2.75, 3.05) is 9.80 Å². The number of hydrogen-bond donors (Lipinski definition) is 0. The molecule has 0 amide bonds. The van der Waals surface area contributed by atoms with Crippen LogP contribution in [0.3, 0.4) is 0 Å². The highest BCUT2D eigenvalue weighted by Gasteiger charge is 2.20. The summed E-state index contributed by atoms with van der Waals surface area (Å²) in [4.78, 5) is 4.81. The minimum Gasteiger partial charge on any atom is -0.310 e. The van der Waals surface area contributed by atoms with Crippen molar-refractivity contribution < 1.29 is 0 Å². The van der Waals surface area contributed by atoms with Gasteiger partial charge in [0.1, 0.15) is 0 Å². The van der Waals surface area contributed by atoms with E-state index in [1.807, 2.05) is 0 Å². The van der Waals surface area contributed by atoms with Crippen LogP contribution in [0, 0.1) is 41.5 Å². The Kier molecular flexibility index (Phi) is 7.58. The zero-order valence-corrected chi connectivity index (χ0v) is 27.6. The van der Waals surface area contributed by atoms with Gasteiger partial charge in [-0.1, -0.05) is 96.1 Å². The van der Waals surface area contributed by atoms with Crippen LogP contribution in [0.2, 0.25) is 0 Å². The summed E-state index contributed by atoms with van der Waals surface area (Å²) in [5.41, 5.74) is 14.8. The van der Waals surface area contributed by atoms with Crippen molar-refractivity contribution in [1.29, 1.82) is 0 Å². The lowest BCUT2D eigenvalue weighted by molar-refractivity contribution is 1.20. The smallest absolute Gasteiger partial charge is 0.0520 e. The minimum atomic E-state index is 1.16. The molecule has 0 aliphatic heterocycles. The van der Waals surface area contributed by atoms with Crippen molar-refractivity contribution in [2.24, 2.45) is 0 Å². The minimum absolute atomic E-state index is 1.16. The normalized spacial score (nSPS) is 11.3. The molecule has 0 aromatic heterocycles. The standard InChI is InChI=1S/C44H40N2/c1-29-23-31(3)43(32(4)24-29)45(37-13-9-7-10-14-37)39-19-21-41-35(27-39)17-18-36-28-40(20-22-42(36)41)46(38-15-11-8-12-16-38)44-33(5)25-30(2)26-34(44)6/h7-28H,1-6H3. The van der Waals surface area contributed by atoms with Crippen LogP contribution in [0.15, 0.2) is 133 Å². The van der Waals surface area contributed by atoms with Crippen molar-refractivity contribution >= 4 is 55.7 Å². The maximum absolute atomic E-state index is 2.40. The van der Waals surface area contributed by atoms with Crippen molar-refractivity contribution in [2.45, 2.75) is 41.5 Å². The quantitative estimate of drug-likeness (QED) is 0.176. The first-order valence-corrected chi connectivity index (χ1v) is 16.1. The van der Waals surface area contributed by atoms with Crippen LogP contribution in [-0.4, -0.2) is 0 Å². The fourth-order valence-corrected chi connectivity index (χ4v) is 7.34. The van der Waals surface area contributed by atoms with Crippen LogP contribution in [0.1, 0.15) is 33.4 Å². The lowest BCUT2D eigenvalue weighted by atomic mass is 9.98. The van der Waals surface area contributed by atoms with Gasteiger partial charge in [-0.2, -0.15) is 0 Å². The Morgan fingerprint density at radius 1 is 0.326 bits per heavy atom. The molecule has 0 radical (unpaired) electrons. The predicted octanol–water partition coefficient (Wildman–Crippen LogP) is 12.8. The lowest BCUT2D eigenvalue weighted by Crippen LogP contribution is -2.13. The van der Waals surface area contributed by atoms with E-state index in [4.69, 9.17) is 0 Å². The van der Waals surface area contributed by atoms with Crippen LogP contribution in [0.5, 0.6) is 0 Å². The molecule has 0 heterocycles. The molecule has 0 aliphatic rings. The van der Waals surface area contributed by atoms with Crippen LogP contribution >= 0.6 is 0 Å². The zero-order valence-electron chi connectivity index (χ0n) is 27.6. The van der Waals surface area contributed by atoms with Gasteiger partial charge in [0, 0.05) is 22.7 Å². The van der Waals surface area contributed by atoms with Gasteiger partial charge in [-0.25, -0.2) is 0 Å². The fourth-order valence-electron chi connectivity index (χ4n) is 7.34. The molecule has 2 nitrogen and oxygen atoms in total. The van der Waals surface area contributed by atoms with Gasteiger partial charge in [0.2, 0.25) is 0 Å². The van der Waals surface area contributed by atoms with Gasteiger partial charge in [0.15, 0.2) is 0 Å². The molecule has 0 aliphatic carbocycles. The first-order chi connectivity index (χ1) is 22.3. The summed E-state index contributed by atoms with van der Waals surface area (Å²) < 4.78 is 0. The molecule has 0 bridgehead atoms. The van der Waals surface area contributed by atoms with E-state index in [1.165, 1.54) is 66.3 Å². The highest BCUT2D eigenvalue weighted by Crippen LogP contribution is 2.43. The summed E-state index contributed by atoms with van der Waals surface area (Å²) in [7, 11) is 0. The SMILES string of the molecule is Cc1cc(C)c(N(c2ccccc2)c2ccc3c(ccc4cc(N(c5ccccc5)c5c(C)cc(C)cc5C)ccc43)c2)c(C)c1. The third kappa shape index (κ3) is 5.31. The predicted molar refractivity (Wildman–Crippen MR) is 199 cm³/mol. The molecule has 0 saturated carbocycles. The molecule has 7 rings (SSSR count). The van der Waals surface area contributed by atoms with E-state index >= 15 is 0 Å². The number of rotatable bonds is 6. The average Bonchev–Trinajstić information content (AvgIpc) is 3.04. The number of para-hydroxylation sites is 2. The second-order valence-corrected chi connectivity index (χ2v) is 12.7. The fraction of sp³-hybridized carbons (Fsp3) is 0.136. The molecule has 226 valence electrons. The first kappa shape index (κ1) is 29.4. The van der Waals surface area contributed by atoms with Crippen molar-refractivity contribution in [3.05, 3.63) is 167 Å². The molecular weight excluding hydrogens is 556 g/mol. The lowest BCUT2D eigenvalue weighted by Gasteiger charge is -2.30. The summed E-state index contributed by atoms with van der Waals surface area (Å²) in [6.07, 6.45) is 0. The number of hydrogen-bond acceptors (Lipinski definition) is 2. The summed E-state index contributed by atoms with van der Waals surface area (Å²) in [5, 5.41) is 4.97. The third-order valence-corrected chi connectivity index (χ3v) is 9.07. The Balaban J connectivity index is 1.37. The monoisotopic (exact) mass is 596 g/mol. The van der Waals surface area contributed by atoms with Gasteiger partial charge in [0.25, 0.3) is 0 Å². The molecule has 7 aromatic carbocycles. The topological polar surface area (TPSA) is 6.48 Å². The maximum atomic E-state index is 2.40. The van der Waals surface area contributed by atoms with Gasteiger partial charge in [-0.3, -0.25) is 0 Å². The summed E-state index contributed by atoms with van der Waals surface area (Å²) in [6.45, 7) is 13.2. The van der Waals surface area contributed by atoms with E-state index in [0.717, 1.165) is 22.7 Å². The Bertz CT molecular complexity index is 2010. The molecule has 2 heteroatoms. The van der Waals surface area contributed by atoms with Crippen LogP contribution < -0.4 is 9.80 Å². The van der Waals surface area contributed by atoms with E-state index in [2.05, 4.69) is 185 Å². The molecule has 0 unspecified atom stereocenters. The van der Waals surface area contributed by atoms with E-state index < -0.39 is 0 Å². The van der Waals surface area contributed by atoms with Gasteiger partial charge in [-0.05, 0) is 134 Å². The molecule has 7 aromatic rings. The van der Waals surface area contributed by atoms with Gasteiger partial charge < -0.3 is 9.80 Å². The van der Waals surface area contributed by atoms with E-state index in [1.54, 1.807) is 0 Å². The van der Waals surface area contributed by atoms with Crippen molar-refractivity contribution in [1.82, 2.24) is 0 Å². The van der Waals surface area contributed by atoms with E-state index in [9.17, 15) is 0 Å². The number of benzene rings is 7. The van der Waals surface area contributed by atoms with E-state index in [0.29, 0.717) is 0 Å². The number of nitrogens with zero attached hydrogens (tertiary/aromatic N) is 2. The molecule has 0 fully saturated rings. The van der Waals surface area contributed by atoms with Crippen LogP contribution in [0.25, 0.3) is 21.5 Å². The Hall–Kier alpha value is -5.34. The molecule has 46 heavy (non-hydrogen) atoms. The summed E-state index contributed by atoms with van der Waals surface area (Å²) in [5.74, 6) is 0. The highest BCUT2D eigenvalue weighted by atomic mass is 15.2.